The summed E-state index contributed by atoms with van der Waals surface area (Å²) < 4.78 is 0. The van der Waals surface area contributed by atoms with Gasteiger partial charge in [-0.05, 0) is 43.4 Å². The second-order valence-corrected chi connectivity index (χ2v) is 7.51. The van der Waals surface area contributed by atoms with E-state index in [0.29, 0.717) is 12.0 Å². The van der Waals surface area contributed by atoms with Crippen molar-refractivity contribution in [1.82, 2.24) is 10.2 Å². The molecule has 1 N–H and O–H groups in total. The number of halogens is 1. The van der Waals surface area contributed by atoms with Crippen LogP contribution in [0.25, 0.3) is 0 Å². The van der Waals surface area contributed by atoms with Crippen LogP contribution in [-0.4, -0.2) is 29.6 Å². The molecule has 0 radical (unpaired) electrons. The van der Waals surface area contributed by atoms with Crippen molar-refractivity contribution in [3.63, 3.8) is 0 Å². The second-order valence-electron chi connectivity index (χ2n) is 7.11. The summed E-state index contributed by atoms with van der Waals surface area (Å²) in [6.45, 7) is 14.4. The van der Waals surface area contributed by atoms with Crippen molar-refractivity contribution in [1.29, 1.82) is 0 Å². The number of nitrogens with zero attached hydrogens (tertiary/aromatic N) is 1. The van der Waals surface area contributed by atoms with Crippen LogP contribution in [0.2, 0.25) is 5.02 Å². The Morgan fingerprint density at radius 3 is 2.71 bits per heavy atom. The minimum absolute atomic E-state index is 0.211. The Kier molecular flexibility index (Phi) is 5.34. The number of piperazine rings is 1. The largest absolute Gasteiger partial charge is 0.309 e. The predicted molar refractivity (Wildman–Crippen MR) is 91.9 cm³/mol. The maximum atomic E-state index is 6.44. The third-order valence-corrected chi connectivity index (χ3v) is 5.24. The van der Waals surface area contributed by atoms with E-state index in [4.69, 9.17) is 11.6 Å². The van der Waals surface area contributed by atoms with Gasteiger partial charge in [0.25, 0.3) is 0 Å². The Morgan fingerprint density at radius 1 is 1.43 bits per heavy atom. The average Bonchev–Trinajstić information content (AvgIpc) is 2.42. The van der Waals surface area contributed by atoms with Crippen LogP contribution in [0.3, 0.4) is 0 Å². The fourth-order valence-corrected chi connectivity index (χ4v) is 3.46. The number of rotatable bonds is 4. The van der Waals surface area contributed by atoms with Crippen LogP contribution in [-0.2, 0) is 6.54 Å². The van der Waals surface area contributed by atoms with Crippen LogP contribution in [0.5, 0.6) is 0 Å². The lowest BCUT2D eigenvalue weighted by molar-refractivity contribution is 0.0539. The third kappa shape index (κ3) is 4.00. The SMILES string of the molecule is CCC1(C)CN(Cc2ccc(C)cc2Cl)C(C(C)C)CN1. The lowest BCUT2D eigenvalue weighted by Crippen LogP contribution is -2.63. The molecule has 1 fully saturated rings. The lowest BCUT2D eigenvalue weighted by Gasteiger charge is -2.47. The van der Waals surface area contributed by atoms with Gasteiger partial charge in [-0.15, -0.1) is 0 Å². The minimum Gasteiger partial charge on any atom is -0.309 e. The quantitative estimate of drug-likeness (QED) is 0.894. The van der Waals surface area contributed by atoms with Gasteiger partial charge in [0.1, 0.15) is 0 Å². The molecule has 0 bridgehead atoms. The summed E-state index contributed by atoms with van der Waals surface area (Å²) in [7, 11) is 0. The zero-order chi connectivity index (χ0) is 15.6. The monoisotopic (exact) mass is 308 g/mol. The highest BCUT2D eigenvalue weighted by Crippen LogP contribution is 2.27. The van der Waals surface area contributed by atoms with E-state index in [0.717, 1.165) is 31.1 Å². The van der Waals surface area contributed by atoms with Crippen molar-refractivity contribution in [3.05, 3.63) is 34.3 Å². The molecule has 1 heterocycles. The van der Waals surface area contributed by atoms with Gasteiger partial charge < -0.3 is 5.32 Å². The maximum Gasteiger partial charge on any atom is 0.0453 e. The first kappa shape index (κ1) is 16.8. The highest BCUT2D eigenvalue weighted by atomic mass is 35.5. The van der Waals surface area contributed by atoms with Gasteiger partial charge in [-0.25, -0.2) is 0 Å². The first-order valence-corrected chi connectivity index (χ1v) is 8.46. The number of nitrogens with one attached hydrogen (secondary N) is 1. The molecule has 1 saturated heterocycles. The van der Waals surface area contributed by atoms with E-state index < -0.39 is 0 Å². The molecule has 0 aromatic heterocycles. The van der Waals surface area contributed by atoms with Crippen LogP contribution in [0.4, 0.5) is 0 Å². The van der Waals surface area contributed by atoms with E-state index in [1.54, 1.807) is 0 Å². The smallest absolute Gasteiger partial charge is 0.0453 e. The van der Waals surface area contributed by atoms with E-state index in [1.807, 2.05) is 0 Å². The number of benzene rings is 1. The lowest BCUT2D eigenvalue weighted by atomic mass is 9.89. The molecular weight excluding hydrogens is 280 g/mol. The highest BCUT2D eigenvalue weighted by molar-refractivity contribution is 6.31. The van der Waals surface area contributed by atoms with Gasteiger partial charge in [0.15, 0.2) is 0 Å². The molecule has 1 aliphatic rings. The summed E-state index contributed by atoms with van der Waals surface area (Å²) in [4.78, 5) is 2.61. The van der Waals surface area contributed by atoms with Crippen molar-refractivity contribution in [3.8, 4) is 0 Å². The number of hydrogen-bond acceptors (Lipinski definition) is 2. The molecule has 0 amide bonds. The summed E-state index contributed by atoms with van der Waals surface area (Å²) in [5.74, 6) is 0.642. The summed E-state index contributed by atoms with van der Waals surface area (Å²) in [6, 6.07) is 6.98. The summed E-state index contributed by atoms with van der Waals surface area (Å²) in [5.41, 5.74) is 2.68. The zero-order valence-electron chi connectivity index (χ0n) is 14.0. The van der Waals surface area contributed by atoms with Crippen molar-refractivity contribution in [2.24, 2.45) is 5.92 Å². The van der Waals surface area contributed by atoms with Gasteiger partial charge in [-0.3, -0.25) is 4.90 Å². The van der Waals surface area contributed by atoms with Crippen LogP contribution in [0.1, 0.15) is 45.2 Å². The molecule has 1 aliphatic heterocycles. The summed E-state index contributed by atoms with van der Waals surface area (Å²) >= 11 is 6.44. The topological polar surface area (TPSA) is 15.3 Å². The van der Waals surface area contributed by atoms with Gasteiger partial charge in [-0.1, -0.05) is 44.5 Å². The number of aryl methyl sites for hydroxylation is 1. The van der Waals surface area contributed by atoms with Gasteiger partial charge in [0.05, 0.1) is 0 Å². The van der Waals surface area contributed by atoms with Crippen LogP contribution in [0, 0.1) is 12.8 Å². The van der Waals surface area contributed by atoms with Crippen molar-refractivity contribution in [2.45, 2.75) is 59.2 Å². The highest BCUT2D eigenvalue weighted by Gasteiger charge is 2.35. The fraction of sp³-hybridized carbons (Fsp3) is 0.667. The predicted octanol–water partition coefficient (Wildman–Crippen LogP) is 4.25. The molecule has 0 spiro atoms. The van der Waals surface area contributed by atoms with Crippen molar-refractivity contribution >= 4 is 11.6 Å². The fourth-order valence-electron chi connectivity index (χ4n) is 3.17. The standard InChI is InChI=1S/C18H29ClN2/c1-6-18(5)12-21(17(10-20-18)13(2)3)11-15-8-7-14(4)9-16(15)19/h7-9,13,17,20H,6,10-12H2,1-5H3. The molecule has 2 atom stereocenters. The second kappa shape index (κ2) is 6.68. The Labute approximate surface area is 134 Å². The average molecular weight is 309 g/mol. The van der Waals surface area contributed by atoms with E-state index in [1.165, 1.54) is 11.1 Å². The van der Waals surface area contributed by atoms with Crippen LogP contribution >= 0.6 is 11.6 Å². The zero-order valence-corrected chi connectivity index (χ0v) is 14.8. The van der Waals surface area contributed by atoms with Gasteiger partial charge >= 0.3 is 0 Å². The van der Waals surface area contributed by atoms with Gasteiger partial charge in [-0.2, -0.15) is 0 Å². The normalized spacial score (nSPS) is 27.3. The molecular formula is C18H29ClN2. The summed E-state index contributed by atoms with van der Waals surface area (Å²) in [5, 5.41) is 4.64. The summed E-state index contributed by atoms with van der Waals surface area (Å²) in [6.07, 6.45) is 1.15. The third-order valence-electron chi connectivity index (χ3n) is 4.89. The molecule has 2 unspecified atom stereocenters. The van der Waals surface area contributed by atoms with E-state index >= 15 is 0 Å². The Hall–Kier alpha value is -0.570. The van der Waals surface area contributed by atoms with E-state index in [-0.39, 0.29) is 5.54 Å². The Bertz CT molecular complexity index is 486. The molecule has 1 aromatic rings. The maximum absolute atomic E-state index is 6.44. The van der Waals surface area contributed by atoms with Crippen LogP contribution < -0.4 is 5.32 Å². The molecule has 0 aliphatic carbocycles. The number of hydrogen-bond donors (Lipinski definition) is 1. The first-order chi connectivity index (χ1) is 9.84. The molecule has 2 rings (SSSR count). The van der Waals surface area contributed by atoms with Crippen molar-refractivity contribution < 1.29 is 0 Å². The molecule has 21 heavy (non-hydrogen) atoms. The van der Waals surface area contributed by atoms with E-state index in [9.17, 15) is 0 Å². The van der Waals surface area contributed by atoms with Crippen LogP contribution in [0.15, 0.2) is 18.2 Å². The minimum atomic E-state index is 0.211. The molecule has 0 saturated carbocycles. The Balaban J connectivity index is 2.19. The van der Waals surface area contributed by atoms with E-state index in [2.05, 4.69) is 63.0 Å². The molecule has 118 valence electrons. The van der Waals surface area contributed by atoms with Gasteiger partial charge in [0.2, 0.25) is 0 Å². The molecule has 1 aromatic carbocycles. The first-order valence-electron chi connectivity index (χ1n) is 8.09. The molecule has 3 heteroatoms. The molecule has 2 nitrogen and oxygen atoms in total. The Morgan fingerprint density at radius 2 is 2.14 bits per heavy atom. The van der Waals surface area contributed by atoms with Gasteiger partial charge in [0, 0.05) is 36.2 Å². The van der Waals surface area contributed by atoms with Crippen molar-refractivity contribution in [2.75, 3.05) is 13.1 Å².